The predicted octanol–water partition coefficient (Wildman–Crippen LogP) is 3.43. The molecule has 4 nitrogen and oxygen atoms in total. The number of hydrogen-bond acceptors (Lipinski definition) is 2. The lowest BCUT2D eigenvalue weighted by atomic mass is 9.85. The molecule has 0 saturated carbocycles. The standard InChI is InChI=1S/C18H25N3O.BrH/c1-3-7-21(8-4-2)13-9-12-11-20-16-6-5-14(18(19)22)15(10-13)17(12)16;/h5-6,11,13,20H,3-4,7-10H2,1-2H3,(H2,19,22);1H. The van der Waals surface area contributed by atoms with E-state index < -0.39 is 0 Å². The molecule has 1 aromatic heterocycles. The summed E-state index contributed by atoms with van der Waals surface area (Å²) in [6.07, 6.45) is 6.38. The molecule has 1 aromatic carbocycles. The van der Waals surface area contributed by atoms with E-state index in [0.29, 0.717) is 11.6 Å². The van der Waals surface area contributed by atoms with Crippen LogP contribution in [0.3, 0.4) is 0 Å². The lowest BCUT2D eigenvalue weighted by Gasteiger charge is -2.34. The molecule has 0 fully saturated rings. The molecule has 0 spiro atoms. The number of amides is 1. The maximum absolute atomic E-state index is 11.8. The SMILES string of the molecule is Br.CCCN(CCC)C1Cc2c[nH]c3ccc(C(N)=O)c(c23)C1. The van der Waals surface area contributed by atoms with Crippen LogP contribution < -0.4 is 5.73 Å². The van der Waals surface area contributed by atoms with Crippen LogP contribution >= 0.6 is 17.0 Å². The zero-order valence-corrected chi connectivity index (χ0v) is 15.6. The van der Waals surface area contributed by atoms with Gasteiger partial charge in [-0.25, -0.2) is 0 Å². The number of aromatic amines is 1. The van der Waals surface area contributed by atoms with Gasteiger partial charge in [0.2, 0.25) is 5.91 Å². The molecule has 0 aliphatic heterocycles. The molecule has 1 aliphatic rings. The molecular weight excluding hydrogens is 354 g/mol. The third-order valence-corrected chi connectivity index (χ3v) is 4.73. The van der Waals surface area contributed by atoms with E-state index in [-0.39, 0.29) is 22.9 Å². The summed E-state index contributed by atoms with van der Waals surface area (Å²) < 4.78 is 0. The molecule has 126 valence electrons. The van der Waals surface area contributed by atoms with Crippen molar-refractivity contribution in [2.75, 3.05) is 13.1 Å². The fourth-order valence-corrected chi connectivity index (χ4v) is 3.85. The minimum absolute atomic E-state index is 0. The van der Waals surface area contributed by atoms with E-state index >= 15 is 0 Å². The summed E-state index contributed by atoms with van der Waals surface area (Å²) in [6, 6.07) is 4.30. The van der Waals surface area contributed by atoms with E-state index in [1.807, 2.05) is 12.1 Å². The number of rotatable bonds is 6. The highest BCUT2D eigenvalue weighted by Gasteiger charge is 2.28. The lowest BCUT2D eigenvalue weighted by molar-refractivity contribution is 0.0998. The van der Waals surface area contributed by atoms with Gasteiger partial charge in [0.1, 0.15) is 0 Å². The van der Waals surface area contributed by atoms with E-state index in [9.17, 15) is 4.79 Å². The van der Waals surface area contributed by atoms with Crippen molar-refractivity contribution in [3.05, 3.63) is 35.0 Å². The van der Waals surface area contributed by atoms with Crippen molar-refractivity contribution in [1.29, 1.82) is 0 Å². The zero-order chi connectivity index (χ0) is 15.7. The van der Waals surface area contributed by atoms with Gasteiger partial charge in [0.15, 0.2) is 0 Å². The fraction of sp³-hybridized carbons (Fsp3) is 0.500. The first kappa shape index (κ1) is 18.0. The van der Waals surface area contributed by atoms with E-state index in [2.05, 4.69) is 29.9 Å². The average Bonchev–Trinajstić information content (AvgIpc) is 2.91. The molecule has 1 unspecified atom stereocenters. The van der Waals surface area contributed by atoms with Crippen molar-refractivity contribution in [1.82, 2.24) is 9.88 Å². The molecule has 3 N–H and O–H groups in total. The molecule has 1 atom stereocenters. The number of benzene rings is 1. The Morgan fingerprint density at radius 3 is 2.57 bits per heavy atom. The highest BCUT2D eigenvalue weighted by atomic mass is 79.9. The molecule has 0 radical (unpaired) electrons. The summed E-state index contributed by atoms with van der Waals surface area (Å²) >= 11 is 0. The largest absolute Gasteiger partial charge is 0.366 e. The molecule has 0 saturated heterocycles. The number of nitrogens with zero attached hydrogens (tertiary/aromatic N) is 1. The van der Waals surface area contributed by atoms with Crippen molar-refractivity contribution < 1.29 is 4.79 Å². The summed E-state index contributed by atoms with van der Waals surface area (Å²) in [5.41, 5.74) is 9.86. The minimum Gasteiger partial charge on any atom is -0.366 e. The van der Waals surface area contributed by atoms with Crippen LogP contribution in [-0.4, -0.2) is 34.9 Å². The van der Waals surface area contributed by atoms with Crippen LogP contribution in [0.1, 0.15) is 48.2 Å². The fourth-order valence-electron chi connectivity index (χ4n) is 3.85. The number of halogens is 1. The van der Waals surface area contributed by atoms with Crippen LogP contribution in [0.4, 0.5) is 0 Å². The van der Waals surface area contributed by atoms with Crippen molar-refractivity contribution in [2.24, 2.45) is 5.73 Å². The second-order valence-electron chi connectivity index (χ2n) is 6.29. The number of H-pyrrole nitrogens is 1. The first-order valence-corrected chi connectivity index (χ1v) is 8.31. The molecule has 1 heterocycles. The molecule has 3 rings (SSSR count). The number of aromatic nitrogens is 1. The molecule has 23 heavy (non-hydrogen) atoms. The maximum atomic E-state index is 11.8. The van der Waals surface area contributed by atoms with Gasteiger partial charge in [0.05, 0.1) is 0 Å². The van der Waals surface area contributed by atoms with Crippen LogP contribution in [0.15, 0.2) is 18.3 Å². The van der Waals surface area contributed by atoms with Crippen molar-refractivity contribution >= 4 is 33.8 Å². The van der Waals surface area contributed by atoms with E-state index in [1.54, 1.807) is 0 Å². The van der Waals surface area contributed by atoms with Gasteiger partial charge in [-0.1, -0.05) is 13.8 Å². The van der Waals surface area contributed by atoms with E-state index in [4.69, 9.17) is 5.73 Å². The monoisotopic (exact) mass is 379 g/mol. The highest BCUT2D eigenvalue weighted by molar-refractivity contribution is 8.93. The number of carbonyl (C=O) groups excluding carboxylic acids is 1. The number of primary amides is 1. The number of hydrogen-bond donors (Lipinski definition) is 2. The second-order valence-corrected chi connectivity index (χ2v) is 6.29. The van der Waals surface area contributed by atoms with Crippen LogP contribution in [0, 0.1) is 0 Å². The summed E-state index contributed by atoms with van der Waals surface area (Å²) in [4.78, 5) is 17.7. The van der Waals surface area contributed by atoms with Gasteiger partial charge < -0.3 is 10.7 Å². The molecule has 5 heteroatoms. The van der Waals surface area contributed by atoms with Gasteiger partial charge in [0, 0.05) is 28.7 Å². The van der Waals surface area contributed by atoms with E-state index in [0.717, 1.165) is 49.9 Å². The van der Waals surface area contributed by atoms with Crippen molar-refractivity contribution in [3.63, 3.8) is 0 Å². The number of carbonyl (C=O) groups is 1. The minimum atomic E-state index is -0.317. The third-order valence-electron chi connectivity index (χ3n) is 4.73. The molecule has 0 bridgehead atoms. The zero-order valence-electron chi connectivity index (χ0n) is 13.9. The Balaban J connectivity index is 0.00000192. The molecular formula is C18H26BrN3O. The first-order valence-electron chi connectivity index (χ1n) is 8.31. The lowest BCUT2D eigenvalue weighted by Crippen LogP contribution is -2.41. The summed E-state index contributed by atoms with van der Waals surface area (Å²) in [5.74, 6) is -0.317. The molecule has 2 aromatic rings. The quantitative estimate of drug-likeness (QED) is 0.807. The Labute approximate surface area is 148 Å². The average molecular weight is 380 g/mol. The van der Waals surface area contributed by atoms with Gasteiger partial charge in [-0.2, -0.15) is 0 Å². The van der Waals surface area contributed by atoms with Crippen LogP contribution in [0.5, 0.6) is 0 Å². The Bertz CT molecular complexity index is 689. The normalized spacial score (nSPS) is 16.6. The van der Waals surface area contributed by atoms with Crippen molar-refractivity contribution in [3.8, 4) is 0 Å². The van der Waals surface area contributed by atoms with Crippen LogP contribution in [-0.2, 0) is 12.8 Å². The Morgan fingerprint density at radius 1 is 1.26 bits per heavy atom. The molecule has 1 aliphatic carbocycles. The second kappa shape index (κ2) is 7.49. The smallest absolute Gasteiger partial charge is 0.249 e. The number of nitrogens with two attached hydrogens (primary N) is 1. The van der Waals surface area contributed by atoms with Gasteiger partial charge >= 0.3 is 0 Å². The maximum Gasteiger partial charge on any atom is 0.249 e. The molecule has 1 amide bonds. The Kier molecular flexibility index (Phi) is 5.87. The number of nitrogens with one attached hydrogen (secondary N) is 1. The summed E-state index contributed by atoms with van der Waals surface area (Å²) in [5, 5.41) is 1.22. The summed E-state index contributed by atoms with van der Waals surface area (Å²) in [7, 11) is 0. The van der Waals surface area contributed by atoms with Crippen molar-refractivity contribution in [2.45, 2.75) is 45.6 Å². The Hall–Kier alpha value is -1.33. The summed E-state index contributed by atoms with van der Waals surface area (Å²) in [6.45, 7) is 6.67. The Morgan fingerprint density at radius 2 is 1.96 bits per heavy atom. The topological polar surface area (TPSA) is 62.1 Å². The first-order chi connectivity index (χ1) is 10.7. The predicted molar refractivity (Wildman–Crippen MR) is 100 cm³/mol. The van der Waals surface area contributed by atoms with Crippen LogP contribution in [0.25, 0.3) is 10.9 Å². The van der Waals surface area contributed by atoms with Gasteiger partial charge in [0.25, 0.3) is 0 Å². The van der Waals surface area contributed by atoms with Gasteiger partial charge in [-0.15, -0.1) is 17.0 Å². The van der Waals surface area contributed by atoms with Crippen LogP contribution in [0.2, 0.25) is 0 Å². The third kappa shape index (κ3) is 3.31. The highest BCUT2D eigenvalue weighted by Crippen LogP contribution is 2.33. The van der Waals surface area contributed by atoms with E-state index in [1.165, 1.54) is 10.9 Å². The van der Waals surface area contributed by atoms with Gasteiger partial charge in [-0.3, -0.25) is 9.69 Å². The van der Waals surface area contributed by atoms with Gasteiger partial charge in [-0.05, 0) is 62.0 Å².